The number of rotatable bonds is 12. The van der Waals surface area contributed by atoms with Crippen molar-refractivity contribution < 1.29 is 28.7 Å². The summed E-state index contributed by atoms with van der Waals surface area (Å²) in [5.74, 6) is -0.750. The maximum atomic E-state index is 13.4. The lowest BCUT2D eigenvalue weighted by molar-refractivity contribution is -0.132. The molecular weight excluding hydrogens is 582 g/mol. The summed E-state index contributed by atoms with van der Waals surface area (Å²) in [6.45, 7) is 6.43. The average molecular weight is 628 g/mol. The van der Waals surface area contributed by atoms with Crippen LogP contribution in [0.5, 0.6) is 0 Å². The molecule has 0 radical (unpaired) electrons. The number of benzene rings is 3. The molecule has 0 aromatic heterocycles. The van der Waals surface area contributed by atoms with E-state index in [0.29, 0.717) is 31.4 Å². The highest BCUT2D eigenvalue weighted by molar-refractivity contribution is 5.90. The zero-order chi connectivity index (χ0) is 32.9. The quantitative estimate of drug-likeness (QED) is 0.221. The fourth-order valence-corrected chi connectivity index (χ4v) is 5.40. The zero-order valence-corrected chi connectivity index (χ0v) is 26.9. The Bertz CT molecular complexity index is 1430. The second-order valence-electron chi connectivity index (χ2n) is 12.8. The summed E-state index contributed by atoms with van der Waals surface area (Å²) in [5.41, 5.74) is 2.54. The number of carbonyl (C=O) groups is 4. The van der Waals surface area contributed by atoms with E-state index in [2.05, 4.69) is 16.0 Å². The molecule has 3 aromatic carbocycles. The van der Waals surface area contributed by atoms with Gasteiger partial charge in [0, 0.05) is 25.4 Å². The van der Waals surface area contributed by atoms with Crippen molar-refractivity contribution in [2.24, 2.45) is 11.8 Å². The van der Waals surface area contributed by atoms with Crippen LogP contribution < -0.4 is 16.0 Å². The summed E-state index contributed by atoms with van der Waals surface area (Å²) in [7, 11) is 0. The molecule has 1 aliphatic rings. The summed E-state index contributed by atoms with van der Waals surface area (Å²) in [4.78, 5) is 51.2. The van der Waals surface area contributed by atoms with Gasteiger partial charge in [0.15, 0.2) is 0 Å². The van der Waals surface area contributed by atoms with Gasteiger partial charge in [0.2, 0.25) is 11.8 Å². The van der Waals surface area contributed by atoms with Crippen LogP contribution in [-0.2, 0) is 38.6 Å². The van der Waals surface area contributed by atoms with Crippen molar-refractivity contribution in [3.05, 3.63) is 107 Å². The molecule has 0 aliphatic heterocycles. The van der Waals surface area contributed by atoms with E-state index in [4.69, 9.17) is 9.47 Å². The molecule has 3 amide bonds. The molecule has 3 N–H and O–H groups in total. The first-order chi connectivity index (χ1) is 22.1. The van der Waals surface area contributed by atoms with E-state index in [0.717, 1.165) is 29.5 Å². The SMILES string of the molecule is CC(C)(C)OC(=O)NCC1CCC(C(=O)N[C@@H](Cc2ccccc2)C(=O)NCc2ccc(C(=O)OCc3ccccc3)cc2)CC1. The van der Waals surface area contributed by atoms with Gasteiger partial charge in [-0.1, -0.05) is 72.8 Å². The number of alkyl carbamates (subject to hydrolysis) is 1. The number of esters is 1. The minimum atomic E-state index is -0.742. The molecule has 0 bridgehead atoms. The number of nitrogens with one attached hydrogen (secondary N) is 3. The third kappa shape index (κ3) is 11.4. The van der Waals surface area contributed by atoms with E-state index < -0.39 is 23.7 Å². The van der Waals surface area contributed by atoms with E-state index in [1.165, 1.54) is 0 Å². The van der Waals surface area contributed by atoms with Crippen molar-refractivity contribution >= 4 is 23.9 Å². The first-order valence-corrected chi connectivity index (χ1v) is 15.9. The lowest BCUT2D eigenvalue weighted by Crippen LogP contribution is -2.50. The Morgan fingerprint density at radius 1 is 0.761 bits per heavy atom. The van der Waals surface area contributed by atoms with Crippen LogP contribution in [-0.4, -0.2) is 42.1 Å². The van der Waals surface area contributed by atoms with Gasteiger partial charge >= 0.3 is 12.1 Å². The number of carbonyl (C=O) groups excluding carboxylic acids is 4. The van der Waals surface area contributed by atoms with Crippen molar-refractivity contribution in [1.82, 2.24) is 16.0 Å². The Labute approximate surface area is 271 Å². The minimum Gasteiger partial charge on any atom is -0.457 e. The van der Waals surface area contributed by atoms with Gasteiger partial charge in [-0.05, 0) is 81.2 Å². The summed E-state index contributed by atoms with van der Waals surface area (Å²) in [6, 6.07) is 25.2. The third-order valence-corrected chi connectivity index (χ3v) is 7.94. The monoisotopic (exact) mass is 627 g/mol. The lowest BCUT2D eigenvalue weighted by Gasteiger charge is -2.29. The number of hydrogen-bond donors (Lipinski definition) is 3. The summed E-state index contributed by atoms with van der Waals surface area (Å²) >= 11 is 0. The largest absolute Gasteiger partial charge is 0.457 e. The van der Waals surface area contributed by atoms with Crippen LogP contribution in [0.3, 0.4) is 0 Å². The van der Waals surface area contributed by atoms with Crippen LogP contribution in [0.15, 0.2) is 84.9 Å². The summed E-state index contributed by atoms with van der Waals surface area (Å²) in [6.07, 6.45) is 2.91. The number of ether oxygens (including phenoxy) is 2. The average Bonchev–Trinajstić information content (AvgIpc) is 3.05. The maximum Gasteiger partial charge on any atom is 0.407 e. The maximum absolute atomic E-state index is 13.4. The molecule has 9 nitrogen and oxygen atoms in total. The fourth-order valence-electron chi connectivity index (χ4n) is 5.40. The molecule has 3 aromatic rings. The molecule has 0 heterocycles. The van der Waals surface area contributed by atoms with Gasteiger partial charge < -0.3 is 25.4 Å². The Morgan fingerprint density at radius 2 is 1.37 bits per heavy atom. The van der Waals surface area contributed by atoms with E-state index in [1.807, 2.05) is 81.4 Å². The van der Waals surface area contributed by atoms with Gasteiger partial charge in [-0.25, -0.2) is 9.59 Å². The predicted octanol–water partition coefficient (Wildman–Crippen LogP) is 5.72. The zero-order valence-electron chi connectivity index (χ0n) is 26.9. The highest BCUT2D eigenvalue weighted by Crippen LogP contribution is 2.29. The van der Waals surface area contributed by atoms with Gasteiger partial charge in [-0.15, -0.1) is 0 Å². The second kappa shape index (κ2) is 16.6. The van der Waals surface area contributed by atoms with Gasteiger partial charge in [0.25, 0.3) is 0 Å². The minimum absolute atomic E-state index is 0.131. The highest BCUT2D eigenvalue weighted by atomic mass is 16.6. The molecule has 0 unspecified atom stereocenters. The third-order valence-electron chi connectivity index (χ3n) is 7.94. The molecule has 1 aliphatic carbocycles. The molecule has 0 spiro atoms. The topological polar surface area (TPSA) is 123 Å². The van der Waals surface area contributed by atoms with E-state index in [-0.39, 0.29) is 36.8 Å². The smallest absolute Gasteiger partial charge is 0.407 e. The molecule has 46 heavy (non-hydrogen) atoms. The molecular formula is C37H45N3O6. The second-order valence-corrected chi connectivity index (χ2v) is 12.8. The predicted molar refractivity (Wildman–Crippen MR) is 176 cm³/mol. The summed E-state index contributed by atoms with van der Waals surface area (Å²) < 4.78 is 10.7. The van der Waals surface area contributed by atoms with E-state index in [1.54, 1.807) is 24.3 Å². The summed E-state index contributed by atoms with van der Waals surface area (Å²) in [5, 5.41) is 8.80. The highest BCUT2D eigenvalue weighted by Gasteiger charge is 2.30. The van der Waals surface area contributed by atoms with Crippen molar-refractivity contribution in [1.29, 1.82) is 0 Å². The van der Waals surface area contributed by atoms with Crippen LogP contribution in [0.2, 0.25) is 0 Å². The van der Waals surface area contributed by atoms with Crippen LogP contribution in [0.25, 0.3) is 0 Å². The van der Waals surface area contributed by atoms with Gasteiger partial charge in [0.1, 0.15) is 18.2 Å². The Hall–Kier alpha value is -4.66. The molecule has 4 rings (SSSR count). The van der Waals surface area contributed by atoms with Crippen LogP contribution in [0.1, 0.15) is 73.5 Å². The molecule has 1 fully saturated rings. The van der Waals surface area contributed by atoms with Gasteiger partial charge in [-0.2, -0.15) is 0 Å². The van der Waals surface area contributed by atoms with Crippen molar-refractivity contribution in [2.45, 2.75) is 77.7 Å². The van der Waals surface area contributed by atoms with Crippen molar-refractivity contribution in [2.75, 3.05) is 6.54 Å². The number of amides is 3. The Morgan fingerprint density at radius 3 is 1.98 bits per heavy atom. The lowest BCUT2D eigenvalue weighted by atomic mass is 9.81. The van der Waals surface area contributed by atoms with Crippen molar-refractivity contribution in [3.8, 4) is 0 Å². The molecule has 1 atom stereocenters. The van der Waals surface area contributed by atoms with Crippen LogP contribution in [0.4, 0.5) is 4.79 Å². The standard InChI is InChI=1S/C37H45N3O6/c1-37(2,3)46-36(44)39-24-28-14-18-30(19-15-28)33(41)40-32(22-26-10-6-4-7-11-26)34(42)38-23-27-16-20-31(21-17-27)35(43)45-25-29-12-8-5-9-13-29/h4-13,16-17,20-21,28,30,32H,14-15,18-19,22-25H2,1-3H3,(H,38,42)(H,39,44)(H,40,41)/t28?,30?,32-/m0/s1. The van der Waals surface area contributed by atoms with Crippen molar-refractivity contribution in [3.63, 3.8) is 0 Å². The Kier molecular flexibility index (Phi) is 12.3. The Balaban J connectivity index is 1.27. The molecule has 1 saturated carbocycles. The molecule has 244 valence electrons. The molecule has 0 saturated heterocycles. The first-order valence-electron chi connectivity index (χ1n) is 15.9. The van der Waals surface area contributed by atoms with Gasteiger partial charge in [-0.3, -0.25) is 9.59 Å². The number of hydrogen-bond acceptors (Lipinski definition) is 6. The first kappa shape index (κ1) is 34.2. The van der Waals surface area contributed by atoms with Crippen LogP contribution in [0, 0.1) is 11.8 Å². The van der Waals surface area contributed by atoms with Gasteiger partial charge in [0.05, 0.1) is 5.56 Å². The molecule has 9 heteroatoms. The van der Waals surface area contributed by atoms with E-state index >= 15 is 0 Å². The normalized spacial score (nSPS) is 16.8. The fraction of sp³-hybridized carbons (Fsp3) is 0.405. The van der Waals surface area contributed by atoms with E-state index in [9.17, 15) is 19.2 Å². The van der Waals surface area contributed by atoms with Crippen LogP contribution >= 0.6 is 0 Å².